The second kappa shape index (κ2) is 7.45. The Bertz CT molecular complexity index is 470. The lowest BCUT2D eigenvalue weighted by Gasteiger charge is -2.30. The maximum absolute atomic E-state index is 11.5. The molecule has 130 valence electrons. The molecule has 6 heteroatoms. The van der Waals surface area contributed by atoms with Crippen LogP contribution in [0.15, 0.2) is 12.2 Å². The number of ether oxygens (including phenoxy) is 4. The van der Waals surface area contributed by atoms with Crippen molar-refractivity contribution in [1.29, 1.82) is 0 Å². The van der Waals surface area contributed by atoms with Crippen LogP contribution < -0.4 is 0 Å². The quantitative estimate of drug-likeness (QED) is 0.698. The van der Waals surface area contributed by atoms with E-state index in [4.69, 9.17) is 18.9 Å². The molecule has 6 nitrogen and oxygen atoms in total. The minimum Gasteiger partial charge on any atom is -0.460 e. The number of carbonyl (C=O) groups is 2. The molecule has 2 rings (SSSR count). The summed E-state index contributed by atoms with van der Waals surface area (Å²) in [5, 5.41) is 0. The highest BCUT2D eigenvalue weighted by Gasteiger charge is 2.50. The highest BCUT2D eigenvalue weighted by Crippen LogP contribution is 2.36. The Balaban J connectivity index is 2.18. The Labute approximate surface area is 137 Å². The van der Waals surface area contributed by atoms with Gasteiger partial charge in [-0.3, -0.25) is 4.79 Å². The Hall–Kier alpha value is -1.40. The zero-order valence-electron chi connectivity index (χ0n) is 14.2. The topological polar surface area (TPSA) is 71.1 Å². The molecular formula is C17H26O6. The third kappa shape index (κ3) is 4.78. The number of unbranched alkanes of at least 4 members (excludes halogenated alkanes) is 1. The third-order valence-corrected chi connectivity index (χ3v) is 3.95. The molecule has 2 aliphatic heterocycles. The largest absolute Gasteiger partial charge is 0.460 e. The van der Waals surface area contributed by atoms with Crippen molar-refractivity contribution in [2.45, 2.75) is 83.6 Å². The molecule has 23 heavy (non-hydrogen) atoms. The van der Waals surface area contributed by atoms with Crippen LogP contribution in [0.25, 0.3) is 0 Å². The number of rotatable bonds is 6. The summed E-state index contributed by atoms with van der Waals surface area (Å²) in [7, 11) is 0. The van der Waals surface area contributed by atoms with Crippen LogP contribution in [0.4, 0.5) is 0 Å². The van der Waals surface area contributed by atoms with Gasteiger partial charge in [-0.2, -0.15) is 0 Å². The first-order valence-corrected chi connectivity index (χ1v) is 8.22. The normalized spacial score (nSPS) is 30.8. The molecule has 0 aromatic heterocycles. The van der Waals surface area contributed by atoms with Gasteiger partial charge in [-0.15, -0.1) is 0 Å². The average molecular weight is 326 g/mol. The van der Waals surface area contributed by atoms with Crippen molar-refractivity contribution < 1.29 is 28.5 Å². The molecule has 0 aliphatic carbocycles. The summed E-state index contributed by atoms with van der Waals surface area (Å²) in [4.78, 5) is 23.0. The molecule has 0 bridgehead atoms. The Kier molecular flexibility index (Phi) is 5.81. The molecule has 4 atom stereocenters. The Morgan fingerprint density at radius 2 is 2.17 bits per heavy atom. The highest BCUT2D eigenvalue weighted by molar-refractivity contribution is 5.82. The van der Waals surface area contributed by atoms with Gasteiger partial charge in [0.1, 0.15) is 24.4 Å². The van der Waals surface area contributed by atoms with Gasteiger partial charge in [-0.25, -0.2) is 4.79 Å². The molecule has 0 saturated carbocycles. The minimum absolute atomic E-state index is 0.348. The highest BCUT2D eigenvalue weighted by atomic mass is 16.8. The number of hydrogen-bond donors (Lipinski definition) is 0. The zero-order valence-corrected chi connectivity index (χ0v) is 14.2. The molecule has 2 heterocycles. The van der Waals surface area contributed by atoms with E-state index in [2.05, 4.69) is 6.92 Å². The summed E-state index contributed by atoms with van der Waals surface area (Å²) in [5.74, 6) is -1.54. The number of carbonyl (C=O) groups excluding carboxylic acids is 2. The van der Waals surface area contributed by atoms with Gasteiger partial charge in [0.2, 0.25) is 0 Å². The molecule has 1 saturated heterocycles. The van der Waals surface area contributed by atoms with Crippen LogP contribution in [0, 0.1) is 0 Å². The van der Waals surface area contributed by atoms with E-state index in [9.17, 15) is 9.59 Å². The average Bonchev–Trinajstić information content (AvgIpc) is 2.79. The van der Waals surface area contributed by atoms with E-state index in [-0.39, 0.29) is 11.9 Å². The maximum Gasteiger partial charge on any atom is 0.330 e. The fraction of sp³-hybridized carbons (Fsp3) is 0.765. The monoisotopic (exact) mass is 326 g/mol. The van der Waals surface area contributed by atoms with Crippen molar-refractivity contribution in [2.24, 2.45) is 0 Å². The van der Waals surface area contributed by atoms with Gasteiger partial charge in [0.25, 0.3) is 0 Å². The van der Waals surface area contributed by atoms with E-state index >= 15 is 0 Å². The predicted molar refractivity (Wildman–Crippen MR) is 82.5 cm³/mol. The Morgan fingerprint density at radius 1 is 1.43 bits per heavy atom. The summed E-state index contributed by atoms with van der Waals surface area (Å²) in [5.41, 5.74) is 0. The van der Waals surface area contributed by atoms with E-state index in [1.807, 2.05) is 13.8 Å². The second-order valence-corrected chi connectivity index (χ2v) is 6.47. The van der Waals surface area contributed by atoms with Crippen LogP contribution in [0.2, 0.25) is 0 Å². The molecule has 0 aromatic rings. The van der Waals surface area contributed by atoms with Crippen molar-refractivity contribution in [3.63, 3.8) is 0 Å². The van der Waals surface area contributed by atoms with E-state index in [0.29, 0.717) is 12.8 Å². The zero-order chi connectivity index (χ0) is 17.0. The van der Waals surface area contributed by atoms with E-state index in [0.717, 1.165) is 12.8 Å². The van der Waals surface area contributed by atoms with Gasteiger partial charge in [0, 0.05) is 19.4 Å². The number of hydrogen-bond acceptors (Lipinski definition) is 6. The molecule has 0 aromatic carbocycles. The van der Waals surface area contributed by atoms with Crippen LogP contribution in [0.5, 0.6) is 0 Å². The molecule has 0 N–H and O–H groups in total. The summed E-state index contributed by atoms with van der Waals surface area (Å²) >= 11 is 0. The van der Waals surface area contributed by atoms with Crippen LogP contribution >= 0.6 is 0 Å². The van der Waals surface area contributed by atoms with Gasteiger partial charge < -0.3 is 18.9 Å². The molecule has 0 spiro atoms. The van der Waals surface area contributed by atoms with E-state index in [1.165, 1.54) is 13.0 Å². The van der Waals surface area contributed by atoms with Crippen molar-refractivity contribution in [1.82, 2.24) is 0 Å². The van der Waals surface area contributed by atoms with Gasteiger partial charge in [0.05, 0.1) is 0 Å². The van der Waals surface area contributed by atoms with Crippen LogP contribution in [-0.2, 0) is 28.5 Å². The molecule has 1 fully saturated rings. The van der Waals surface area contributed by atoms with Crippen molar-refractivity contribution in [3.05, 3.63) is 12.2 Å². The maximum atomic E-state index is 11.5. The van der Waals surface area contributed by atoms with Gasteiger partial charge in [-0.1, -0.05) is 19.4 Å². The summed E-state index contributed by atoms with van der Waals surface area (Å²) in [6.45, 7) is 7.08. The fourth-order valence-corrected chi connectivity index (χ4v) is 3.04. The SMILES string of the molecule is CCCC[C@H](OC(C)=O)[C@H]1OC(C)(C)O[C@@H]1[C@H]1CC=CC(=O)O1. The molecule has 0 radical (unpaired) electrons. The first-order valence-electron chi connectivity index (χ1n) is 8.22. The minimum atomic E-state index is -0.812. The summed E-state index contributed by atoms with van der Waals surface area (Å²) in [6.07, 6.45) is 4.57. The smallest absolute Gasteiger partial charge is 0.330 e. The van der Waals surface area contributed by atoms with Gasteiger partial charge >= 0.3 is 11.9 Å². The van der Waals surface area contributed by atoms with Crippen LogP contribution in [0.3, 0.4) is 0 Å². The van der Waals surface area contributed by atoms with Crippen molar-refractivity contribution >= 4 is 11.9 Å². The van der Waals surface area contributed by atoms with Gasteiger partial charge in [0.15, 0.2) is 5.79 Å². The molecule has 2 aliphatic rings. The lowest BCUT2D eigenvalue weighted by Crippen LogP contribution is -2.46. The van der Waals surface area contributed by atoms with E-state index < -0.39 is 30.2 Å². The Morgan fingerprint density at radius 3 is 2.78 bits per heavy atom. The third-order valence-electron chi connectivity index (χ3n) is 3.95. The molecular weight excluding hydrogens is 300 g/mol. The lowest BCUT2D eigenvalue weighted by atomic mass is 9.96. The standard InChI is InChI=1S/C17H26O6/c1-5-6-8-12(20-11(2)18)15-16(23-17(3,4)22-15)13-9-7-10-14(19)21-13/h7,10,12-13,15-16H,5-6,8-9H2,1-4H3/t12-,13+,15+,16+/m0/s1. The van der Waals surface area contributed by atoms with Crippen LogP contribution in [0.1, 0.15) is 53.4 Å². The summed E-state index contributed by atoms with van der Waals surface area (Å²) in [6, 6.07) is 0. The molecule has 0 unspecified atom stereocenters. The van der Waals surface area contributed by atoms with E-state index in [1.54, 1.807) is 6.08 Å². The second-order valence-electron chi connectivity index (χ2n) is 6.47. The first kappa shape index (κ1) is 17.9. The summed E-state index contributed by atoms with van der Waals surface area (Å²) < 4.78 is 22.8. The fourth-order valence-electron chi connectivity index (χ4n) is 3.04. The lowest BCUT2D eigenvalue weighted by molar-refractivity contribution is -0.173. The van der Waals surface area contributed by atoms with Crippen LogP contribution in [-0.4, -0.2) is 42.1 Å². The van der Waals surface area contributed by atoms with Gasteiger partial charge in [-0.05, 0) is 26.7 Å². The van der Waals surface area contributed by atoms with Crippen molar-refractivity contribution in [2.75, 3.05) is 0 Å². The predicted octanol–water partition coefficient (Wildman–Crippen LogP) is 2.50. The number of esters is 2. The number of cyclic esters (lactones) is 1. The first-order chi connectivity index (χ1) is 10.8. The van der Waals surface area contributed by atoms with Crippen molar-refractivity contribution in [3.8, 4) is 0 Å². The molecule has 0 amide bonds.